The molecule has 2 amide bonds. The first kappa shape index (κ1) is 21.0. The van der Waals surface area contributed by atoms with Crippen molar-refractivity contribution in [2.45, 2.75) is 13.0 Å². The van der Waals surface area contributed by atoms with Gasteiger partial charge in [-0.25, -0.2) is 0 Å². The Morgan fingerprint density at radius 3 is 2.63 bits per heavy atom. The van der Waals surface area contributed by atoms with Gasteiger partial charge in [0.2, 0.25) is 0 Å². The van der Waals surface area contributed by atoms with Crippen molar-refractivity contribution in [2.24, 2.45) is 0 Å². The highest BCUT2D eigenvalue weighted by atomic mass is 35.5. The Morgan fingerprint density at radius 1 is 1.15 bits per heavy atom. The van der Waals surface area contributed by atoms with E-state index in [4.69, 9.17) is 32.7 Å². The Morgan fingerprint density at radius 2 is 1.93 bits per heavy atom. The summed E-state index contributed by atoms with van der Waals surface area (Å²) in [5.74, 6) is -0.270. The summed E-state index contributed by atoms with van der Waals surface area (Å²) in [5.41, 5.74) is 0.912. The predicted octanol–water partition coefficient (Wildman–Crippen LogP) is 3.78. The summed E-state index contributed by atoms with van der Waals surface area (Å²) >= 11 is 11.9. The quantitative estimate of drug-likeness (QED) is 0.649. The average Bonchev–Trinajstić information content (AvgIpc) is 2.64. The first-order valence-electron chi connectivity index (χ1n) is 8.20. The summed E-state index contributed by atoms with van der Waals surface area (Å²) < 4.78 is 10.5. The Kier molecular flexibility index (Phi) is 7.91. The number of halogens is 2. The molecule has 2 rings (SSSR count). The highest BCUT2D eigenvalue weighted by Gasteiger charge is 2.17. The molecule has 0 heterocycles. The van der Waals surface area contributed by atoms with Crippen LogP contribution in [0.3, 0.4) is 0 Å². The molecule has 0 aliphatic carbocycles. The zero-order valence-electron chi connectivity index (χ0n) is 14.9. The molecule has 144 valence electrons. The number of rotatable bonds is 8. The maximum atomic E-state index is 12.4. The van der Waals surface area contributed by atoms with E-state index < -0.39 is 6.10 Å². The van der Waals surface area contributed by atoms with E-state index in [-0.39, 0.29) is 11.8 Å². The number of nitrogens with one attached hydrogen (secondary N) is 2. The van der Waals surface area contributed by atoms with Gasteiger partial charge in [0.05, 0.1) is 11.6 Å². The fraction of sp³-hybridized carbons (Fsp3) is 0.263. The van der Waals surface area contributed by atoms with Crippen molar-refractivity contribution in [3.63, 3.8) is 0 Å². The molecule has 8 heteroatoms. The molecule has 1 unspecified atom stereocenters. The Labute approximate surface area is 167 Å². The lowest BCUT2D eigenvalue weighted by Gasteiger charge is -2.16. The van der Waals surface area contributed by atoms with Crippen LogP contribution in [0.2, 0.25) is 10.0 Å². The van der Waals surface area contributed by atoms with Crippen LogP contribution >= 0.6 is 23.2 Å². The standard InChI is InChI=1S/C19H20Cl2N2O4/c1-12(27-17-7-6-14(20)11-16(17)21)18(24)23-15-5-3-4-13(10-15)19(25)22-8-9-26-2/h3-7,10-12H,8-9H2,1-2H3,(H,22,25)(H,23,24). The van der Waals surface area contributed by atoms with Gasteiger partial charge in [0, 0.05) is 29.9 Å². The molecule has 2 N–H and O–H groups in total. The van der Waals surface area contributed by atoms with Crippen molar-refractivity contribution in [3.05, 3.63) is 58.1 Å². The summed E-state index contributed by atoms with van der Waals surface area (Å²) in [4.78, 5) is 24.4. The second-order valence-electron chi connectivity index (χ2n) is 5.65. The molecule has 1 atom stereocenters. The number of methoxy groups -OCH3 is 1. The molecule has 0 aliphatic rings. The molecule has 0 aliphatic heterocycles. The van der Waals surface area contributed by atoms with E-state index in [0.717, 1.165) is 0 Å². The van der Waals surface area contributed by atoms with Gasteiger partial charge < -0.3 is 20.1 Å². The van der Waals surface area contributed by atoms with Gasteiger partial charge in [0.1, 0.15) is 5.75 Å². The van der Waals surface area contributed by atoms with Crippen LogP contribution in [0.25, 0.3) is 0 Å². The van der Waals surface area contributed by atoms with Gasteiger partial charge in [-0.3, -0.25) is 9.59 Å². The molecule has 2 aromatic carbocycles. The lowest BCUT2D eigenvalue weighted by atomic mass is 10.2. The maximum absolute atomic E-state index is 12.4. The fourth-order valence-electron chi connectivity index (χ4n) is 2.17. The van der Waals surface area contributed by atoms with Gasteiger partial charge in [-0.05, 0) is 43.3 Å². The zero-order valence-corrected chi connectivity index (χ0v) is 16.4. The smallest absolute Gasteiger partial charge is 0.265 e. The van der Waals surface area contributed by atoms with Crippen LogP contribution < -0.4 is 15.4 Å². The number of ether oxygens (including phenoxy) is 2. The van der Waals surface area contributed by atoms with Crippen molar-refractivity contribution >= 4 is 40.7 Å². The van der Waals surface area contributed by atoms with Crippen LogP contribution in [-0.2, 0) is 9.53 Å². The minimum atomic E-state index is -0.803. The second-order valence-corrected chi connectivity index (χ2v) is 6.50. The van der Waals surface area contributed by atoms with E-state index in [0.29, 0.717) is 40.2 Å². The maximum Gasteiger partial charge on any atom is 0.265 e. The van der Waals surface area contributed by atoms with E-state index in [2.05, 4.69) is 10.6 Å². The number of hydrogen-bond acceptors (Lipinski definition) is 4. The Balaban J connectivity index is 1.98. The highest BCUT2D eigenvalue weighted by Crippen LogP contribution is 2.28. The number of benzene rings is 2. The third-order valence-electron chi connectivity index (χ3n) is 3.55. The Hall–Kier alpha value is -2.28. The zero-order chi connectivity index (χ0) is 19.8. The van der Waals surface area contributed by atoms with Crippen molar-refractivity contribution in [3.8, 4) is 5.75 Å². The van der Waals surface area contributed by atoms with Crippen LogP contribution in [-0.4, -0.2) is 38.2 Å². The highest BCUT2D eigenvalue weighted by molar-refractivity contribution is 6.35. The minimum Gasteiger partial charge on any atom is -0.479 e. The largest absolute Gasteiger partial charge is 0.479 e. The molecular formula is C19H20Cl2N2O4. The van der Waals surface area contributed by atoms with Gasteiger partial charge >= 0.3 is 0 Å². The second kappa shape index (κ2) is 10.2. The molecule has 0 saturated heterocycles. The molecule has 0 fully saturated rings. The van der Waals surface area contributed by atoms with Gasteiger partial charge in [-0.2, -0.15) is 0 Å². The van der Waals surface area contributed by atoms with Gasteiger partial charge in [-0.15, -0.1) is 0 Å². The summed E-state index contributed by atoms with van der Waals surface area (Å²) in [7, 11) is 1.56. The van der Waals surface area contributed by atoms with Crippen LogP contribution in [0, 0.1) is 0 Å². The molecule has 6 nitrogen and oxygen atoms in total. The molecular weight excluding hydrogens is 391 g/mol. The molecule has 0 saturated carbocycles. The Bertz CT molecular complexity index is 814. The summed E-state index contributed by atoms with van der Waals surface area (Å²) in [6.07, 6.45) is -0.803. The third-order valence-corrected chi connectivity index (χ3v) is 4.08. The molecule has 2 aromatic rings. The van der Waals surface area contributed by atoms with Crippen LogP contribution in [0.1, 0.15) is 17.3 Å². The molecule has 27 heavy (non-hydrogen) atoms. The third kappa shape index (κ3) is 6.43. The average molecular weight is 411 g/mol. The summed E-state index contributed by atoms with van der Waals surface area (Å²) in [5, 5.41) is 6.23. The number of hydrogen-bond donors (Lipinski definition) is 2. The van der Waals surface area contributed by atoms with Crippen LogP contribution in [0.15, 0.2) is 42.5 Å². The van der Waals surface area contributed by atoms with Crippen LogP contribution in [0.4, 0.5) is 5.69 Å². The van der Waals surface area contributed by atoms with Crippen molar-refractivity contribution < 1.29 is 19.1 Å². The molecule has 0 bridgehead atoms. The normalized spacial score (nSPS) is 11.6. The van der Waals surface area contributed by atoms with Gasteiger partial charge in [0.15, 0.2) is 6.10 Å². The van der Waals surface area contributed by atoms with Crippen molar-refractivity contribution in [2.75, 3.05) is 25.6 Å². The topological polar surface area (TPSA) is 76.7 Å². The molecule has 0 radical (unpaired) electrons. The van der Waals surface area contributed by atoms with Crippen molar-refractivity contribution in [1.82, 2.24) is 5.32 Å². The number of amides is 2. The number of carbonyl (C=O) groups is 2. The van der Waals surface area contributed by atoms with E-state index in [1.807, 2.05) is 0 Å². The van der Waals surface area contributed by atoms with Crippen molar-refractivity contribution in [1.29, 1.82) is 0 Å². The van der Waals surface area contributed by atoms with Gasteiger partial charge in [-0.1, -0.05) is 29.3 Å². The summed E-state index contributed by atoms with van der Waals surface area (Å²) in [6.45, 7) is 2.42. The van der Waals surface area contributed by atoms with Gasteiger partial charge in [0.25, 0.3) is 11.8 Å². The monoisotopic (exact) mass is 410 g/mol. The van der Waals surface area contributed by atoms with Crippen LogP contribution in [0.5, 0.6) is 5.75 Å². The molecule has 0 spiro atoms. The minimum absolute atomic E-state index is 0.250. The molecule has 0 aromatic heterocycles. The fourth-order valence-corrected chi connectivity index (χ4v) is 2.62. The lowest BCUT2D eigenvalue weighted by molar-refractivity contribution is -0.122. The van der Waals surface area contributed by atoms with E-state index in [9.17, 15) is 9.59 Å². The van der Waals surface area contributed by atoms with E-state index in [1.54, 1.807) is 50.4 Å². The predicted molar refractivity (Wildman–Crippen MR) is 106 cm³/mol. The number of anilines is 1. The first-order valence-corrected chi connectivity index (χ1v) is 8.96. The van der Waals surface area contributed by atoms with E-state index in [1.165, 1.54) is 6.07 Å². The first-order chi connectivity index (χ1) is 12.9. The SMILES string of the molecule is COCCNC(=O)c1cccc(NC(=O)C(C)Oc2ccc(Cl)cc2Cl)c1. The van der Waals surface area contributed by atoms with E-state index >= 15 is 0 Å². The summed E-state index contributed by atoms with van der Waals surface area (Å²) in [6, 6.07) is 11.4. The lowest BCUT2D eigenvalue weighted by Crippen LogP contribution is -2.30. The number of carbonyl (C=O) groups excluding carboxylic acids is 2.